The Morgan fingerprint density at radius 3 is 2.59 bits per heavy atom. The van der Waals surface area contributed by atoms with Gasteiger partial charge in [-0.15, -0.1) is 0 Å². The van der Waals surface area contributed by atoms with Crippen molar-refractivity contribution in [3.8, 4) is 17.3 Å². The first kappa shape index (κ1) is 18.4. The molecule has 0 radical (unpaired) electrons. The van der Waals surface area contributed by atoms with E-state index in [-0.39, 0.29) is 5.91 Å². The second kappa shape index (κ2) is 8.84. The van der Waals surface area contributed by atoms with Gasteiger partial charge in [-0.3, -0.25) is 9.36 Å². The summed E-state index contributed by atoms with van der Waals surface area (Å²) < 4.78 is 12.3. The molecule has 0 bridgehead atoms. The summed E-state index contributed by atoms with van der Waals surface area (Å²) in [5, 5.41) is 2.92. The molecule has 1 amide bonds. The van der Waals surface area contributed by atoms with Crippen LogP contribution in [0.15, 0.2) is 55.2 Å². The Labute approximate surface area is 158 Å². The third-order valence-corrected chi connectivity index (χ3v) is 4.16. The van der Waals surface area contributed by atoms with Gasteiger partial charge in [0.25, 0.3) is 0 Å². The number of carbonyl (C=O) groups is 1. The van der Waals surface area contributed by atoms with E-state index in [1.165, 1.54) is 0 Å². The smallest absolute Gasteiger partial charge is 0.220 e. The van der Waals surface area contributed by atoms with E-state index in [1.807, 2.05) is 41.1 Å². The number of imidazole rings is 1. The van der Waals surface area contributed by atoms with Gasteiger partial charge in [-0.25, -0.2) is 9.97 Å². The molecule has 0 saturated heterocycles. The third kappa shape index (κ3) is 4.84. The lowest BCUT2D eigenvalue weighted by atomic mass is 10.1. The van der Waals surface area contributed by atoms with Crippen LogP contribution in [0.25, 0.3) is 5.82 Å². The number of aryl methyl sites for hydroxylation is 1. The van der Waals surface area contributed by atoms with Crippen molar-refractivity contribution >= 4 is 5.91 Å². The molecule has 2 heterocycles. The minimum Gasteiger partial charge on any atom is -0.493 e. The summed E-state index contributed by atoms with van der Waals surface area (Å²) in [6.45, 7) is 0.446. The highest BCUT2D eigenvalue weighted by Gasteiger charge is 2.07. The van der Waals surface area contributed by atoms with Gasteiger partial charge in [-0.05, 0) is 35.7 Å². The highest BCUT2D eigenvalue weighted by Crippen LogP contribution is 2.27. The van der Waals surface area contributed by atoms with E-state index < -0.39 is 0 Å². The van der Waals surface area contributed by atoms with E-state index in [9.17, 15) is 4.79 Å². The van der Waals surface area contributed by atoms with E-state index in [1.54, 1.807) is 32.9 Å². The van der Waals surface area contributed by atoms with Crippen LogP contribution in [0, 0.1) is 0 Å². The quantitative estimate of drug-likeness (QED) is 0.663. The van der Waals surface area contributed by atoms with Gasteiger partial charge in [0.05, 0.1) is 14.2 Å². The van der Waals surface area contributed by atoms with Crippen LogP contribution < -0.4 is 14.8 Å². The molecule has 140 valence electrons. The number of hydrogen-bond donors (Lipinski definition) is 1. The number of methoxy groups -OCH3 is 2. The largest absolute Gasteiger partial charge is 0.493 e. The highest BCUT2D eigenvalue weighted by atomic mass is 16.5. The van der Waals surface area contributed by atoms with E-state index in [2.05, 4.69) is 15.3 Å². The summed E-state index contributed by atoms with van der Waals surface area (Å²) in [5.74, 6) is 2.12. The molecular weight excluding hydrogens is 344 g/mol. The van der Waals surface area contributed by atoms with Crippen LogP contribution >= 0.6 is 0 Å². The summed E-state index contributed by atoms with van der Waals surface area (Å²) >= 11 is 0. The second-order valence-corrected chi connectivity index (χ2v) is 5.96. The van der Waals surface area contributed by atoms with Gasteiger partial charge in [0.1, 0.15) is 12.1 Å². The molecule has 0 aliphatic heterocycles. The summed E-state index contributed by atoms with van der Waals surface area (Å²) in [6.07, 6.45) is 8.01. The number of benzene rings is 1. The third-order valence-electron chi connectivity index (χ3n) is 4.16. The van der Waals surface area contributed by atoms with Gasteiger partial charge >= 0.3 is 0 Å². The molecule has 1 N–H and O–H groups in total. The highest BCUT2D eigenvalue weighted by molar-refractivity contribution is 5.76. The van der Waals surface area contributed by atoms with Crippen LogP contribution in [0.3, 0.4) is 0 Å². The molecule has 0 fully saturated rings. The maximum Gasteiger partial charge on any atom is 0.220 e. The normalized spacial score (nSPS) is 10.4. The Bertz CT molecular complexity index is 877. The number of nitrogens with one attached hydrogen (secondary N) is 1. The molecule has 0 unspecified atom stereocenters. The van der Waals surface area contributed by atoms with Crippen molar-refractivity contribution in [1.29, 1.82) is 0 Å². The van der Waals surface area contributed by atoms with Crippen molar-refractivity contribution < 1.29 is 14.3 Å². The lowest BCUT2D eigenvalue weighted by Gasteiger charge is -2.10. The first-order valence-corrected chi connectivity index (χ1v) is 8.60. The van der Waals surface area contributed by atoms with Crippen LogP contribution in [0.1, 0.15) is 17.5 Å². The van der Waals surface area contributed by atoms with Crippen molar-refractivity contribution in [3.05, 3.63) is 66.4 Å². The maximum absolute atomic E-state index is 12.1. The first-order valence-electron chi connectivity index (χ1n) is 8.60. The Kier molecular flexibility index (Phi) is 6.04. The lowest BCUT2D eigenvalue weighted by Crippen LogP contribution is -2.23. The van der Waals surface area contributed by atoms with Crippen LogP contribution in [-0.2, 0) is 17.8 Å². The number of rotatable bonds is 8. The van der Waals surface area contributed by atoms with E-state index in [0.717, 1.165) is 16.9 Å². The molecule has 7 heteroatoms. The van der Waals surface area contributed by atoms with Crippen LogP contribution in [0.2, 0.25) is 0 Å². The number of ether oxygens (including phenoxy) is 2. The number of carbonyl (C=O) groups excluding carboxylic acids is 1. The number of nitrogens with zero attached hydrogens (tertiary/aromatic N) is 3. The van der Waals surface area contributed by atoms with Gasteiger partial charge in [0, 0.05) is 31.6 Å². The van der Waals surface area contributed by atoms with Gasteiger partial charge < -0.3 is 14.8 Å². The fourth-order valence-electron chi connectivity index (χ4n) is 2.65. The number of hydrogen-bond acceptors (Lipinski definition) is 5. The second-order valence-electron chi connectivity index (χ2n) is 5.96. The van der Waals surface area contributed by atoms with Crippen molar-refractivity contribution in [2.24, 2.45) is 0 Å². The van der Waals surface area contributed by atoms with Crippen molar-refractivity contribution in [1.82, 2.24) is 19.9 Å². The Balaban J connectivity index is 1.48. The summed E-state index contributed by atoms with van der Waals surface area (Å²) in [6, 6.07) is 9.52. The Morgan fingerprint density at radius 1 is 1.11 bits per heavy atom. The zero-order valence-corrected chi connectivity index (χ0v) is 15.4. The van der Waals surface area contributed by atoms with Crippen LogP contribution in [0.4, 0.5) is 0 Å². The average molecular weight is 366 g/mol. The fraction of sp³-hybridized carbons (Fsp3) is 0.250. The monoisotopic (exact) mass is 366 g/mol. The van der Waals surface area contributed by atoms with Gasteiger partial charge in [0.15, 0.2) is 11.5 Å². The van der Waals surface area contributed by atoms with Crippen LogP contribution in [-0.4, -0.2) is 34.7 Å². The molecule has 1 aromatic carbocycles. The molecule has 0 atom stereocenters. The maximum atomic E-state index is 12.1. The van der Waals surface area contributed by atoms with Crippen molar-refractivity contribution in [2.45, 2.75) is 19.4 Å². The van der Waals surface area contributed by atoms with Gasteiger partial charge in [0.2, 0.25) is 5.91 Å². The minimum absolute atomic E-state index is 0.0107. The predicted molar refractivity (Wildman–Crippen MR) is 101 cm³/mol. The van der Waals surface area contributed by atoms with E-state index in [0.29, 0.717) is 30.9 Å². The summed E-state index contributed by atoms with van der Waals surface area (Å²) in [4.78, 5) is 20.5. The molecular formula is C20H22N4O3. The zero-order valence-electron chi connectivity index (χ0n) is 15.4. The van der Waals surface area contributed by atoms with Crippen LogP contribution in [0.5, 0.6) is 11.5 Å². The lowest BCUT2D eigenvalue weighted by molar-refractivity contribution is -0.121. The average Bonchev–Trinajstić information content (AvgIpc) is 3.25. The van der Waals surface area contributed by atoms with Gasteiger partial charge in [-0.1, -0.05) is 12.1 Å². The van der Waals surface area contributed by atoms with Gasteiger partial charge in [-0.2, -0.15) is 0 Å². The summed E-state index contributed by atoms with van der Waals surface area (Å²) in [5.41, 5.74) is 1.97. The van der Waals surface area contributed by atoms with Crippen molar-refractivity contribution in [2.75, 3.05) is 14.2 Å². The van der Waals surface area contributed by atoms with Crippen molar-refractivity contribution in [3.63, 3.8) is 0 Å². The first-order chi connectivity index (χ1) is 13.2. The Hall–Kier alpha value is -3.35. The molecule has 3 aromatic rings. The minimum atomic E-state index is -0.0107. The SMILES string of the molecule is COc1ccc(CCC(=O)NCc2ccc(-n3ccnc3)nc2)cc1OC. The molecule has 27 heavy (non-hydrogen) atoms. The molecule has 0 spiro atoms. The number of aromatic nitrogens is 3. The molecule has 7 nitrogen and oxygen atoms in total. The molecule has 2 aromatic heterocycles. The molecule has 3 rings (SSSR count). The standard InChI is InChI=1S/C20H22N4O3/c1-26-17-6-3-15(11-18(17)27-2)5-8-20(25)23-13-16-4-7-19(22-12-16)24-10-9-21-14-24/h3-4,6-7,9-12,14H,5,8,13H2,1-2H3,(H,23,25). The number of pyridine rings is 1. The zero-order chi connectivity index (χ0) is 19.1. The van der Waals surface area contributed by atoms with E-state index >= 15 is 0 Å². The molecule has 0 aliphatic rings. The number of amides is 1. The predicted octanol–water partition coefficient (Wildman–Crippen LogP) is 2.53. The summed E-state index contributed by atoms with van der Waals surface area (Å²) in [7, 11) is 3.20. The fourth-order valence-corrected chi connectivity index (χ4v) is 2.65. The molecule has 0 aliphatic carbocycles. The molecule has 0 saturated carbocycles. The van der Waals surface area contributed by atoms with E-state index in [4.69, 9.17) is 9.47 Å². The topological polar surface area (TPSA) is 78.3 Å². The Morgan fingerprint density at radius 2 is 1.93 bits per heavy atom.